The average Bonchev–Trinajstić information content (AvgIpc) is 2.84. The van der Waals surface area contributed by atoms with Gasteiger partial charge >= 0.3 is 0 Å². The van der Waals surface area contributed by atoms with Crippen LogP contribution in [-0.4, -0.2) is 36.8 Å². The van der Waals surface area contributed by atoms with Crippen LogP contribution in [-0.2, 0) is 4.79 Å². The third-order valence-electron chi connectivity index (χ3n) is 4.04. The average molecular weight is 373 g/mol. The SMILES string of the molecule is COc1cc([N+](=O)[O-])ccc1NC(=O)CN1CCCSc2ccccc21. The minimum absolute atomic E-state index is 0.0849. The summed E-state index contributed by atoms with van der Waals surface area (Å²) >= 11 is 1.80. The number of nitro benzene ring substituents is 1. The Bertz CT molecular complexity index is 828. The molecule has 2 aromatic carbocycles. The molecule has 0 spiro atoms. The normalized spacial score (nSPS) is 13.5. The predicted octanol–water partition coefficient (Wildman–Crippen LogP) is 3.54. The molecular weight excluding hydrogens is 354 g/mol. The summed E-state index contributed by atoms with van der Waals surface area (Å²) in [7, 11) is 1.41. The summed E-state index contributed by atoms with van der Waals surface area (Å²) in [4.78, 5) is 26.1. The number of benzene rings is 2. The number of rotatable bonds is 5. The zero-order valence-electron chi connectivity index (χ0n) is 14.3. The van der Waals surface area contributed by atoms with Crippen molar-refractivity contribution in [1.82, 2.24) is 0 Å². The summed E-state index contributed by atoms with van der Waals surface area (Å²) in [5, 5.41) is 13.7. The Morgan fingerprint density at radius 3 is 2.92 bits per heavy atom. The van der Waals surface area contributed by atoms with Gasteiger partial charge in [0.2, 0.25) is 5.91 Å². The number of fused-ring (bicyclic) bond motifs is 1. The molecule has 0 unspecified atom stereocenters. The molecule has 0 saturated carbocycles. The van der Waals surface area contributed by atoms with Crippen molar-refractivity contribution in [3.05, 3.63) is 52.6 Å². The van der Waals surface area contributed by atoms with Crippen molar-refractivity contribution in [3.8, 4) is 5.75 Å². The van der Waals surface area contributed by atoms with E-state index in [4.69, 9.17) is 4.74 Å². The van der Waals surface area contributed by atoms with Crippen LogP contribution in [0.1, 0.15) is 6.42 Å². The van der Waals surface area contributed by atoms with Gasteiger partial charge in [-0.05, 0) is 30.4 Å². The van der Waals surface area contributed by atoms with E-state index in [0.717, 1.165) is 24.4 Å². The van der Waals surface area contributed by atoms with Crippen molar-refractivity contribution in [2.24, 2.45) is 0 Å². The monoisotopic (exact) mass is 373 g/mol. The van der Waals surface area contributed by atoms with Gasteiger partial charge in [-0.3, -0.25) is 14.9 Å². The van der Waals surface area contributed by atoms with Gasteiger partial charge in [0.15, 0.2) is 0 Å². The van der Waals surface area contributed by atoms with Gasteiger partial charge in [0.05, 0.1) is 36.0 Å². The van der Waals surface area contributed by atoms with E-state index in [-0.39, 0.29) is 23.9 Å². The molecule has 0 bridgehead atoms. The number of para-hydroxylation sites is 1. The zero-order valence-corrected chi connectivity index (χ0v) is 15.1. The molecule has 7 nitrogen and oxygen atoms in total. The molecule has 26 heavy (non-hydrogen) atoms. The quantitative estimate of drug-likeness (QED) is 0.637. The molecule has 1 N–H and O–H groups in total. The van der Waals surface area contributed by atoms with Gasteiger partial charge in [0.25, 0.3) is 5.69 Å². The largest absolute Gasteiger partial charge is 0.494 e. The Kier molecular flexibility index (Phi) is 5.62. The number of thioether (sulfide) groups is 1. The van der Waals surface area contributed by atoms with Crippen LogP contribution in [0.5, 0.6) is 5.75 Å². The molecule has 0 atom stereocenters. The number of non-ortho nitro benzene ring substituents is 1. The Hall–Kier alpha value is -2.74. The molecule has 1 heterocycles. The number of carbonyl (C=O) groups excluding carboxylic acids is 1. The summed E-state index contributed by atoms with van der Waals surface area (Å²) in [6.07, 6.45) is 0.994. The number of methoxy groups -OCH3 is 1. The van der Waals surface area contributed by atoms with E-state index in [2.05, 4.69) is 16.3 Å². The van der Waals surface area contributed by atoms with Gasteiger partial charge in [-0.1, -0.05) is 12.1 Å². The standard InChI is InChI=1S/C18H19N3O4S/c1-25-16-11-13(21(23)24)7-8-14(16)19-18(22)12-20-9-4-10-26-17-6-3-2-5-15(17)20/h2-3,5-8,11H,4,9-10,12H2,1H3,(H,19,22). The number of ether oxygens (including phenoxy) is 1. The van der Waals surface area contributed by atoms with Crippen molar-refractivity contribution in [2.45, 2.75) is 11.3 Å². The summed E-state index contributed by atoms with van der Waals surface area (Å²) in [5.41, 5.74) is 1.39. The van der Waals surface area contributed by atoms with Crippen LogP contribution in [0.4, 0.5) is 17.1 Å². The van der Waals surface area contributed by atoms with Crippen LogP contribution in [0.15, 0.2) is 47.4 Å². The van der Waals surface area contributed by atoms with E-state index in [1.807, 2.05) is 18.2 Å². The number of nitrogens with one attached hydrogen (secondary N) is 1. The fourth-order valence-electron chi connectivity index (χ4n) is 2.82. The van der Waals surface area contributed by atoms with E-state index in [0.29, 0.717) is 5.69 Å². The van der Waals surface area contributed by atoms with Gasteiger partial charge in [-0.2, -0.15) is 0 Å². The molecular formula is C18H19N3O4S. The molecule has 136 valence electrons. The van der Waals surface area contributed by atoms with Gasteiger partial charge < -0.3 is 15.0 Å². The molecule has 3 rings (SSSR count). The van der Waals surface area contributed by atoms with Crippen molar-refractivity contribution in [3.63, 3.8) is 0 Å². The second-order valence-electron chi connectivity index (χ2n) is 5.78. The number of hydrogen-bond donors (Lipinski definition) is 1. The number of hydrogen-bond acceptors (Lipinski definition) is 6. The lowest BCUT2D eigenvalue weighted by Crippen LogP contribution is -2.34. The third-order valence-corrected chi connectivity index (χ3v) is 5.19. The van der Waals surface area contributed by atoms with E-state index in [1.54, 1.807) is 11.8 Å². The summed E-state index contributed by atoms with van der Waals surface area (Å²) in [5.74, 6) is 1.09. The topological polar surface area (TPSA) is 84.7 Å². The predicted molar refractivity (Wildman–Crippen MR) is 102 cm³/mol. The molecule has 1 aliphatic rings. The molecule has 1 amide bonds. The fourth-order valence-corrected chi connectivity index (χ4v) is 3.84. The van der Waals surface area contributed by atoms with Gasteiger partial charge in [-0.25, -0.2) is 0 Å². The van der Waals surface area contributed by atoms with Crippen LogP contribution in [0, 0.1) is 10.1 Å². The van der Waals surface area contributed by atoms with Crippen molar-refractivity contribution >= 4 is 34.7 Å². The van der Waals surface area contributed by atoms with Crippen LogP contribution in [0.3, 0.4) is 0 Å². The Labute approximate surface area is 155 Å². The first-order valence-corrected chi connectivity index (χ1v) is 9.16. The summed E-state index contributed by atoms with van der Waals surface area (Å²) < 4.78 is 5.17. The second kappa shape index (κ2) is 8.09. The van der Waals surface area contributed by atoms with E-state index >= 15 is 0 Å². The zero-order chi connectivity index (χ0) is 18.5. The van der Waals surface area contributed by atoms with Crippen molar-refractivity contribution in [2.75, 3.05) is 36.2 Å². The van der Waals surface area contributed by atoms with Crippen LogP contribution < -0.4 is 15.0 Å². The maximum absolute atomic E-state index is 12.5. The molecule has 0 aromatic heterocycles. The number of nitrogens with zero attached hydrogens (tertiary/aromatic N) is 2. The lowest BCUT2D eigenvalue weighted by atomic mass is 10.2. The Morgan fingerprint density at radius 1 is 1.35 bits per heavy atom. The van der Waals surface area contributed by atoms with E-state index in [1.165, 1.54) is 30.2 Å². The first-order valence-electron chi connectivity index (χ1n) is 8.17. The summed E-state index contributed by atoms with van der Waals surface area (Å²) in [6.45, 7) is 1.01. The highest BCUT2D eigenvalue weighted by molar-refractivity contribution is 7.99. The smallest absolute Gasteiger partial charge is 0.273 e. The van der Waals surface area contributed by atoms with Crippen LogP contribution in [0.25, 0.3) is 0 Å². The fraction of sp³-hybridized carbons (Fsp3) is 0.278. The van der Waals surface area contributed by atoms with Crippen LogP contribution in [0.2, 0.25) is 0 Å². The molecule has 1 aliphatic heterocycles. The van der Waals surface area contributed by atoms with Gasteiger partial charge in [0, 0.05) is 17.5 Å². The highest BCUT2D eigenvalue weighted by Crippen LogP contribution is 2.33. The molecule has 0 aliphatic carbocycles. The highest BCUT2D eigenvalue weighted by Gasteiger charge is 2.19. The second-order valence-corrected chi connectivity index (χ2v) is 6.92. The number of carbonyl (C=O) groups is 1. The summed E-state index contributed by atoms with van der Waals surface area (Å²) in [6, 6.07) is 12.2. The van der Waals surface area contributed by atoms with Crippen molar-refractivity contribution < 1.29 is 14.5 Å². The minimum Gasteiger partial charge on any atom is -0.494 e. The Balaban J connectivity index is 1.74. The highest BCUT2D eigenvalue weighted by atomic mass is 32.2. The first-order chi connectivity index (χ1) is 12.6. The third kappa shape index (κ3) is 4.08. The number of anilines is 2. The maximum Gasteiger partial charge on any atom is 0.273 e. The van der Waals surface area contributed by atoms with Gasteiger partial charge in [0.1, 0.15) is 5.75 Å². The van der Waals surface area contributed by atoms with E-state index < -0.39 is 4.92 Å². The molecule has 8 heteroatoms. The molecule has 0 saturated heterocycles. The Morgan fingerprint density at radius 2 is 2.15 bits per heavy atom. The number of nitro groups is 1. The van der Waals surface area contributed by atoms with E-state index in [9.17, 15) is 14.9 Å². The minimum atomic E-state index is -0.500. The van der Waals surface area contributed by atoms with Crippen LogP contribution >= 0.6 is 11.8 Å². The van der Waals surface area contributed by atoms with Crippen molar-refractivity contribution in [1.29, 1.82) is 0 Å². The molecule has 0 radical (unpaired) electrons. The molecule has 0 fully saturated rings. The lowest BCUT2D eigenvalue weighted by Gasteiger charge is -2.24. The molecule has 2 aromatic rings. The lowest BCUT2D eigenvalue weighted by molar-refractivity contribution is -0.384. The first kappa shape index (κ1) is 18.1. The maximum atomic E-state index is 12.5. The van der Waals surface area contributed by atoms with Gasteiger partial charge in [-0.15, -0.1) is 11.8 Å². The number of amides is 1.